The molecule has 1 amide bonds. The van der Waals surface area contributed by atoms with Gasteiger partial charge < -0.3 is 10.2 Å². The molecule has 1 aliphatic rings. The zero-order valence-electron chi connectivity index (χ0n) is 15.1. The van der Waals surface area contributed by atoms with E-state index in [1.54, 1.807) is 0 Å². The first-order valence-electron chi connectivity index (χ1n) is 9.23. The van der Waals surface area contributed by atoms with E-state index in [1.165, 1.54) is 44.2 Å². The van der Waals surface area contributed by atoms with Crippen molar-refractivity contribution in [3.8, 4) is 0 Å². The van der Waals surface area contributed by atoms with E-state index in [9.17, 15) is 9.18 Å². The SMILES string of the molecule is CN(C)CCCNC(=O)CC(c1ccc(F)cc1)C1CCCCC1. The third kappa shape index (κ3) is 6.23. The van der Waals surface area contributed by atoms with E-state index in [0.717, 1.165) is 25.1 Å². The van der Waals surface area contributed by atoms with Gasteiger partial charge in [-0.1, -0.05) is 31.4 Å². The smallest absolute Gasteiger partial charge is 0.220 e. The third-order valence-electron chi connectivity index (χ3n) is 5.03. The van der Waals surface area contributed by atoms with Crippen LogP contribution in [-0.2, 0) is 4.79 Å². The summed E-state index contributed by atoms with van der Waals surface area (Å²) in [6.45, 7) is 1.70. The molecule has 0 saturated heterocycles. The van der Waals surface area contributed by atoms with E-state index in [2.05, 4.69) is 10.2 Å². The van der Waals surface area contributed by atoms with Gasteiger partial charge in [-0.25, -0.2) is 4.39 Å². The van der Waals surface area contributed by atoms with Gasteiger partial charge in [0.25, 0.3) is 0 Å². The van der Waals surface area contributed by atoms with Crippen LogP contribution in [0.15, 0.2) is 24.3 Å². The third-order valence-corrected chi connectivity index (χ3v) is 5.03. The van der Waals surface area contributed by atoms with Crippen molar-refractivity contribution >= 4 is 5.91 Å². The van der Waals surface area contributed by atoms with Crippen LogP contribution in [0.5, 0.6) is 0 Å². The maximum Gasteiger partial charge on any atom is 0.220 e. The van der Waals surface area contributed by atoms with E-state index in [4.69, 9.17) is 0 Å². The lowest BCUT2D eigenvalue weighted by Crippen LogP contribution is -2.30. The highest BCUT2D eigenvalue weighted by atomic mass is 19.1. The first-order chi connectivity index (χ1) is 11.6. The van der Waals surface area contributed by atoms with E-state index < -0.39 is 0 Å². The molecule has 0 heterocycles. The van der Waals surface area contributed by atoms with Crippen LogP contribution in [0.4, 0.5) is 4.39 Å². The molecule has 1 saturated carbocycles. The summed E-state index contributed by atoms with van der Waals surface area (Å²) in [6.07, 6.45) is 7.61. The highest BCUT2D eigenvalue weighted by molar-refractivity contribution is 5.76. The molecule has 0 aromatic heterocycles. The molecule has 1 atom stereocenters. The fourth-order valence-corrected chi connectivity index (χ4v) is 3.70. The topological polar surface area (TPSA) is 32.3 Å². The molecule has 24 heavy (non-hydrogen) atoms. The van der Waals surface area contributed by atoms with Gasteiger partial charge in [-0.05, 0) is 69.4 Å². The summed E-state index contributed by atoms with van der Waals surface area (Å²) in [4.78, 5) is 14.5. The molecule has 1 fully saturated rings. The summed E-state index contributed by atoms with van der Waals surface area (Å²) >= 11 is 0. The zero-order valence-corrected chi connectivity index (χ0v) is 15.1. The average molecular weight is 334 g/mol. The van der Waals surface area contributed by atoms with Gasteiger partial charge in [0.1, 0.15) is 5.82 Å². The molecule has 1 aromatic carbocycles. The van der Waals surface area contributed by atoms with Gasteiger partial charge in [0.15, 0.2) is 0 Å². The normalized spacial score (nSPS) is 17.0. The summed E-state index contributed by atoms with van der Waals surface area (Å²) in [5, 5.41) is 3.05. The van der Waals surface area contributed by atoms with Gasteiger partial charge >= 0.3 is 0 Å². The molecule has 0 radical (unpaired) electrons. The fraction of sp³-hybridized carbons (Fsp3) is 0.650. The molecular weight excluding hydrogens is 303 g/mol. The number of carbonyl (C=O) groups excluding carboxylic acids is 1. The Balaban J connectivity index is 1.94. The van der Waals surface area contributed by atoms with Gasteiger partial charge in [-0.15, -0.1) is 0 Å². The standard InChI is InChI=1S/C20H31FN2O/c1-23(2)14-6-13-22-20(24)15-19(16-7-4-3-5-8-16)17-9-11-18(21)12-10-17/h9-12,16,19H,3-8,13-15H2,1-2H3,(H,22,24). The van der Waals surface area contributed by atoms with Gasteiger partial charge in [-0.3, -0.25) is 4.79 Å². The van der Waals surface area contributed by atoms with Crippen molar-refractivity contribution in [2.75, 3.05) is 27.2 Å². The van der Waals surface area contributed by atoms with Crippen LogP contribution in [0, 0.1) is 11.7 Å². The Bertz CT molecular complexity index is 495. The van der Waals surface area contributed by atoms with Crippen LogP contribution in [0.2, 0.25) is 0 Å². The average Bonchev–Trinajstić information content (AvgIpc) is 2.58. The van der Waals surface area contributed by atoms with Crippen molar-refractivity contribution in [2.45, 2.75) is 50.9 Å². The van der Waals surface area contributed by atoms with E-state index in [0.29, 0.717) is 12.3 Å². The second-order valence-corrected chi connectivity index (χ2v) is 7.27. The van der Waals surface area contributed by atoms with E-state index in [1.807, 2.05) is 26.2 Å². The largest absolute Gasteiger partial charge is 0.356 e. The first kappa shape index (κ1) is 18.9. The van der Waals surface area contributed by atoms with Crippen molar-refractivity contribution in [1.29, 1.82) is 0 Å². The van der Waals surface area contributed by atoms with Crippen LogP contribution in [0.3, 0.4) is 0 Å². The number of nitrogens with one attached hydrogen (secondary N) is 1. The molecule has 4 heteroatoms. The number of rotatable bonds is 8. The minimum atomic E-state index is -0.214. The number of nitrogens with zero attached hydrogens (tertiary/aromatic N) is 1. The van der Waals surface area contributed by atoms with Crippen molar-refractivity contribution in [1.82, 2.24) is 10.2 Å². The van der Waals surface area contributed by atoms with Gasteiger partial charge in [0.2, 0.25) is 5.91 Å². The van der Waals surface area contributed by atoms with Crippen molar-refractivity contribution in [3.63, 3.8) is 0 Å². The second kappa shape index (κ2) is 9.77. The molecule has 2 rings (SSSR count). The van der Waals surface area contributed by atoms with Crippen LogP contribution in [0.1, 0.15) is 56.4 Å². The Morgan fingerprint density at radius 1 is 1.21 bits per heavy atom. The monoisotopic (exact) mass is 334 g/mol. The fourth-order valence-electron chi connectivity index (χ4n) is 3.70. The first-order valence-corrected chi connectivity index (χ1v) is 9.23. The molecular formula is C20H31FN2O. The Labute approximate surface area is 145 Å². The molecule has 0 aliphatic heterocycles. The van der Waals surface area contributed by atoms with Crippen molar-refractivity contribution in [2.24, 2.45) is 5.92 Å². The molecule has 1 N–H and O–H groups in total. The van der Waals surface area contributed by atoms with Gasteiger partial charge in [0, 0.05) is 13.0 Å². The maximum atomic E-state index is 13.2. The van der Waals surface area contributed by atoms with Crippen molar-refractivity contribution in [3.05, 3.63) is 35.6 Å². The predicted octanol–water partition coefficient (Wildman–Crippen LogP) is 3.95. The summed E-state index contributed by atoms with van der Waals surface area (Å²) in [5.74, 6) is 0.652. The predicted molar refractivity (Wildman–Crippen MR) is 96.5 cm³/mol. The summed E-state index contributed by atoms with van der Waals surface area (Å²) in [7, 11) is 4.07. The summed E-state index contributed by atoms with van der Waals surface area (Å²) in [5.41, 5.74) is 1.10. The Morgan fingerprint density at radius 3 is 2.50 bits per heavy atom. The highest BCUT2D eigenvalue weighted by Gasteiger charge is 2.27. The summed E-state index contributed by atoms with van der Waals surface area (Å²) in [6, 6.07) is 6.74. The van der Waals surface area contributed by atoms with Crippen LogP contribution in [0.25, 0.3) is 0 Å². The van der Waals surface area contributed by atoms with Crippen molar-refractivity contribution < 1.29 is 9.18 Å². The number of amides is 1. The molecule has 1 unspecified atom stereocenters. The maximum absolute atomic E-state index is 13.2. The number of hydrogen-bond donors (Lipinski definition) is 1. The molecule has 0 spiro atoms. The Kier molecular flexibility index (Phi) is 7.70. The van der Waals surface area contributed by atoms with Gasteiger partial charge in [-0.2, -0.15) is 0 Å². The minimum Gasteiger partial charge on any atom is -0.356 e. The Hall–Kier alpha value is -1.42. The molecule has 134 valence electrons. The lowest BCUT2D eigenvalue weighted by atomic mass is 9.75. The number of carbonyl (C=O) groups is 1. The van der Waals surface area contributed by atoms with E-state index >= 15 is 0 Å². The van der Waals surface area contributed by atoms with Gasteiger partial charge in [0.05, 0.1) is 0 Å². The number of halogens is 1. The van der Waals surface area contributed by atoms with Crippen LogP contribution in [-0.4, -0.2) is 38.0 Å². The Morgan fingerprint density at radius 2 is 1.88 bits per heavy atom. The highest BCUT2D eigenvalue weighted by Crippen LogP contribution is 2.38. The lowest BCUT2D eigenvalue weighted by Gasteiger charge is -2.30. The molecule has 0 bridgehead atoms. The van der Waals surface area contributed by atoms with E-state index in [-0.39, 0.29) is 17.6 Å². The number of hydrogen-bond acceptors (Lipinski definition) is 2. The van der Waals surface area contributed by atoms with Crippen LogP contribution >= 0.6 is 0 Å². The van der Waals surface area contributed by atoms with Crippen LogP contribution < -0.4 is 5.32 Å². The number of benzene rings is 1. The lowest BCUT2D eigenvalue weighted by molar-refractivity contribution is -0.121. The summed E-state index contributed by atoms with van der Waals surface area (Å²) < 4.78 is 13.2. The molecule has 1 aliphatic carbocycles. The quantitative estimate of drug-likeness (QED) is 0.730. The molecule has 3 nitrogen and oxygen atoms in total. The molecule has 1 aromatic rings. The minimum absolute atomic E-state index is 0.119. The zero-order chi connectivity index (χ0) is 17.4. The second-order valence-electron chi connectivity index (χ2n) is 7.27.